The Balaban J connectivity index is 2.35. The normalized spacial score (nSPS) is 13.4. The summed E-state index contributed by atoms with van der Waals surface area (Å²) in [6.07, 6.45) is 0.177. The number of hydrogen-bond donors (Lipinski definition) is 2. The molecule has 1 aromatic heterocycles. The first-order valence-corrected chi connectivity index (χ1v) is 12.6. The molecule has 148 valence electrons. The third-order valence-electron chi connectivity index (χ3n) is 4.12. The molecule has 8 heteroatoms. The smallest absolute Gasteiger partial charge is 0.407 e. The van der Waals surface area contributed by atoms with Crippen LogP contribution in [0.25, 0.3) is 10.9 Å². The number of aromatic amines is 1. The van der Waals surface area contributed by atoms with Gasteiger partial charge in [-0.1, -0.05) is 19.6 Å². The molecule has 2 aromatic rings. The Kier molecular flexibility index (Phi) is 5.70. The van der Waals surface area contributed by atoms with Crippen LogP contribution >= 0.6 is 0 Å². The lowest BCUT2D eigenvalue weighted by molar-refractivity contribution is -0.384. The number of nitrogens with one attached hydrogen (secondary N) is 2. The summed E-state index contributed by atoms with van der Waals surface area (Å²) in [5, 5.41) is 16.1. The van der Waals surface area contributed by atoms with Gasteiger partial charge in [0.25, 0.3) is 5.69 Å². The van der Waals surface area contributed by atoms with E-state index < -0.39 is 19.8 Å². The predicted octanol–water partition coefficient (Wildman–Crippen LogP) is 4.08. The first kappa shape index (κ1) is 21.0. The molecule has 0 fully saturated rings. The first-order chi connectivity index (χ1) is 12.3. The predicted molar refractivity (Wildman–Crippen MR) is 110 cm³/mol. The van der Waals surface area contributed by atoms with Crippen molar-refractivity contribution in [1.29, 1.82) is 0 Å². The van der Waals surface area contributed by atoms with Crippen molar-refractivity contribution in [2.45, 2.75) is 65.4 Å². The van der Waals surface area contributed by atoms with E-state index in [1.165, 1.54) is 6.07 Å². The van der Waals surface area contributed by atoms with Crippen molar-refractivity contribution in [3.05, 3.63) is 33.9 Å². The molecule has 2 N–H and O–H groups in total. The second-order valence-electron chi connectivity index (χ2n) is 8.97. The fraction of sp³-hybridized carbons (Fsp3) is 0.526. The zero-order valence-electron chi connectivity index (χ0n) is 17.1. The molecule has 1 amide bonds. The molecule has 1 heterocycles. The van der Waals surface area contributed by atoms with Crippen molar-refractivity contribution >= 4 is 36.1 Å². The van der Waals surface area contributed by atoms with Crippen molar-refractivity contribution in [1.82, 2.24) is 10.3 Å². The number of H-pyrrole nitrogens is 1. The van der Waals surface area contributed by atoms with E-state index in [1.807, 2.05) is 27.7 Å². The molecule has 0 aliphatic carbocycles. The lowest BCUT2D eigenvalue weighted by Crippen LogP contribution is -2.43. The molecule has 1 atom stereocenters. The van der Waals surface area contributed by atoms with E-state index in [1.54, 1.807) is 12.1 Å². The van der Waals surface area contributed by atoms with Gasteiger partial charge in [-0.05, 0) is 45.7 Å². The highest BCUT2D eigenvalue weighted by Gasteiger charge is 2.27. The Hall–Kier alpha value is -2.35. The summed E-state index contributed by atoms with van der Waals surface area (Å²) in [5.74, 6) is 0. The molecule has 0 unspecified atom stereocenters. The number of non-ortho nitro benzene ring substituents is 1. The average Bonchev–Trinajstić information content (AvgIpc) is 2.82. The molecule has 2 rings (SSSR count). The second-order valence-corrected chi connectivity index (χ2v) is 14.0. The highest BCUT2D eigenvalue weighted by molar-refractivity contribution is 6.88. The van der Waals surface area contributed by atoms with E-state index in [0.717, 1.165) is 21.8 Å². The van der Waals surface area contributed by atoms with Crippen molar-refractivity contribution in [3.63, 3.8) is 0 Å². The number of carbonyl (C=O) groups excluding carboxylic acids is 1. The van der Waals surface area contributed by atoms with Gasteiger partial charge in [-0.25, -0.2) is 4.79 Å². The molecule has 0 radical (unpaired) electrons. The van der Waals surface area contributed by atoms with Gasteiger partial charge in [0.2, 0.25) is 0 Å². The molecule has 1 aromatic carbocycles. The lowest BCUT2D eigenvalue weighted by Gasteiger charge is -2.23. The van der Waals surface area contributed by atoms with Gasteiger partial charge in [0.15, 0.2) is 0 Å². The van der Waals surface area contributed by atoms with Gasteiger partial charge >= 0.3 is 6.09 Å². The SMILES string of the molecule is C[C@H](Cc1c([Si](C)(C)C)[nH]c2cc([N+](=O)[O-])ccc12)NC(=O)OC(C)(C)C. The van der Waals surface area contributed by atoms with Crippen molar-refractivity contribution < 1.29 is 14.5 Å². The first-order valence-electron chi connectivity index (χ1n) is 9.07. The zero-order chi connectivity index (χ0) is 20.6. The fourth-order valence-corrected chi connectivity index (χ4v) is 4.73. The highest BCUT2D eigenvalue weighted by Crippen LogP contribution is 2.25. The molecule has 0 aliphatic rings. The maximum Gasteiger partial charge on any atom is 0.407 e. The number of alkyl carbamates (subject to hydrolysis) is 1. The van der Waals surface area contributed by atoms with E-state index in [0.29, 0.717) is 6.42 Å². The minimum absolute atomic E-state index is 0.0670. The lowest BCUT2D eigenvalue weighted by atomic mass is 10.1. The summed E-state index contributed by atoms with van der Waals surface area (Å²) < 4.78 is 5.33. The van der Waals surface area contributed by atoms with Gasteiger partial charge in [-0.3, -0.25) is 10.1 Å². The monoisotopic (exact) mass is 391 g/mol. The Morgan fingerprint density at radius 2 is 1.96 bits per heavy atom. The van der Waals surface area contributed by atoms with Crippen LogP contribution in [0.5, 0.6) is 0 Å². The maximum atomic E-state index is 12.1. The third kappa shape index (κ3) is 5.32. The minimum atomic E-state index is -1.72. The van der Waals surface area contributed by atoms with Gasteiger partial charge in [-0.2, -0.15) is 0 Å². The standard InChI is InChI=1S/C19H29N3O4Si/c1-12(20-18(23)26-19(2,3)4)10-15-14-9-8-13(22(24)25)11-16(14)21-17(15)27(5,6)7/h8-9,11-12,21H,10H2,1-7H3,(H,20,23)/t12-/m1/s1. The van der Waals surface area contributed by atoms with E-state index in [-0.39, 0.29) is 16.7 Å². The zero-order valence-corrected chi connectivity index (χ0v) is 18.1. The number of amides is 1. The number of nitro benzene ring substituents is 1. The van der Waals surface area contributed by atoms with Gasteiger partial charge < -0.3 is 15.0 Å². The largest absolute Gasteiger partial charge is 0.444 e. The van der Waals surface area contributed by atoms with Crippen LogP contribution in [0.4, 0.5) is 10.5 Å². The Bertz CT molecular complexity index is 862. The van der Waals surface area contributed by atoms with Gasteiger partial charge in [-0.15, -0.1) is 0 Å². The average molecular weight is 392 g/mol. The molecule has 0 saturated carbocycles. The van der Waals surface area contributed by atoms with Crippen LogP contribution in [-0.2, 0) is 11.2 Å². The number of nitro groups is 1. The van der Waals surface area contributed by atoms with E-state index in [9.17, 15) is 14.9 Å². The van der Waals surface area contributed by atoms with Crippen LogP contribution in [-0.4, -0.2) is 35.7 Å². The van der Waals surface area contributed by atoms with Gasteiger partial charge in [0, 0.05) is 28.9 Å². The molecule has 0 spiro atoms. The summed E-state index contributed by atoms with van der Waals surface area (Å²) in [5.41, 5.74) is 1.40. The highest BCUT2D eigenvalue weighted by atomic mass is 28.3. The number of carbonyl (C=O) groups is 1. The van der Waals surface area contributed by atoms with Crippen LogP contribution < -0.4 is 10.6 Å². The molecule has 27 heavy (non-hydrogen) atoms. The topological polar surface area (TPSA) is 97.3 Å². The number of aromatic nitrogens is 1. The van der Waals surface area contributed by atoms with Gasteiger partial charge in [0.05, 0.1) is 18.5 Å². The molecule has 0 bridgehead atoms. The maximum absolute atomic E-state index is 12.1. The number of fused-ring (bicyclic) bond motifs is 1. The molecule has 7 nitrogen and oxygen atoms in total. The van der Waals surface area contributed by atoms with E-state index in [2.05, 4.69) is 29.9 Å². The fourth-order valence-electron chi connectivity index (χ4n) is 3.08. The molecule has 0 saturated heterocycles. The molecular weight excluding hydrogens is 362 g/mol. The van der Waals surface area contributed by atoms with Crippen molar-refractivity contribution in [3.8, 4) is 0 Å². The van der Waals surface area contributed by atoms with E-state index >= 15 is 0 Å². The summed E-state index contributed by atoms with van der Waals surface area (Å²) in [6, 6.07) is 4.76. The van der Waals surface area contributed by atoms with Crippen molar-refractivity contribution in [2.24, 2.45) is 0 Å². The Morgan fingerprint density at radius 3 is 2.48 bits per heavy atom. The minimum Gasteiger partial charge on any atom is -0.444 e. The van der Waals surface area contributed by atoms with Crippen LogP contribution in [0.2, 0.25) is 19.6 Å². The Labute approximate surface area is 160 Å². The second kappa shape index (κ2) is 7.34. The van der Waals surface area contributed by atoms with Crippen molar-refractivity contribution in [2.75, 3.05) is 0 Å². The van der Waals surface area contributed by atoms with Crippen LogP contribution in [0.3, 0.4) is 0 Å². The molecule has 0 aliphatic heterocycles. The van der Waals surface area contributed by atoms with Crippen LogP contribution in [0.15, 0.2) is 18.2 Å². The van der Waals surface area contributed by atoms with E-state index in [4.69, 9.17) is 4.74 Å². The van der Waals surface area contributed by atoms with Gasteiger partial charge in [0.1, 0.15) is 5.60 Å². The summed E-state index contributed by atoms with van der Waals surface area (Å²) in [7, 11) is -1.72. The number of nitrogens with zero attached hydrogens (tertiary/aromatic N) is 1. The number of hydrogen-bond acceptors (Lipinski definition) is 4. The summed E-state index contributed by atoms with van der Waals surface area (Å²) in [6.45, 7) is 14.1. The summed E-state index contributed by atoms with van der Waals surface area (Å²) >= 11 is 0. The van der Waals surface area contributed by atoms with Crippen LogP contribution in [0, 0.1) is 10.1 Å². The molecular formula is C19H29N3O4Si. The summed E-state index contributed by atoms with van der Waals surface area (Å²) in [4.78, 5) is 26.2. The number of rotatable bonds is 5. The third-order valence-corrected chi connectivity index (χ3v) is 6.05. The number of benzene rings is 1. The quantitative estimate of drug-likeness (QED) is 0.456. The number of ether oxygens (including phenoxy) is 1. The Morgan fingerprint density at radius 1 is 1.33 bits per heavy atom. The van der Waals surface area contributed by atoms with Crippen LogP contribution in [0.1, 0.15) is 33.3 Å².